The number of imidazole rings is 1. The molecule has 2 N–H and O–H groups in total. The summed E-state index contributed by atoms with van der Waals surface area (Å²) in [6, 6.07) is 2.92. The van der Waals surface area contributed by atoms with Gasteiger partial charge in [-0.1, -0.05) is 0 Å². The molecule has 2 rings (SSSR count). The van der Waals surface area contributed by atoms with E-state index in [1.165, 1.54) is 12.3 Å². The topological polar surface area (TPSA) is 43.3 Å². The summed E-state index contributed by atoms with van der Waals surface area (Å²) >= 11 is 0. The van der Waals surface area contributed by atoms with Gasteiger partial charge in [-0.25, -0.2) is 9.37 Å². The van der Waals surface area contributed by atoms with Gasteiger partial charge in [0.25, 0.3) is 0 Å². The Labute approximate surface area is 74.4 Å². The Hall–Kier alpha value is -1.29. The largest absolute Gasteiger partial charge is 0.382 e. The minimum atomic E-state index is -0.296. The molecule has 0 unspecified atom stereocenters. The van der Waals surface area contributed by atoms with Crippen LogP contribution in [0.2, 0.25) is 0 Å². The molecular formula is C7H7ClFN3. The first-order valence-corrected chi connectivity index (χ1v) is 3.15. The van der Waals surface area contributed by atoms with Gasteiger partial charge in [-0.05, 0) is 12.1 Å². The molecule has 0 amide bonds. The van der Waals surface area contributed by atoms with Crippen molar-refractivity contribution < 1.29 is 4.39 Å². The average Bonchev–Trinajstić information content (AvgIpc) is 2.27. The predicted octanol–water partition coefficient (Wildman–Crippen LogP) is 1.48. The Kier molecular flexibility index (Phi) is 2.19. The van der Waals surface area contributed by atoms with Crippen molar-refractivity contribution in [3.8, 4) is 0 Å². The molecule has 2 aromatic heterocycles. The summed E-state index contributed by atoms with van der Waals surface area (Å²) in [6.45, 7) is 0. The number of hydrogen-bond acceptors (Lipinski definition) is 2. The van der Waals surface area contributed by atoms with Gasteiger partial charge in [0.05, 0.1) is 6.20 Å². The summed E-state index contributed by atoms with van der Waals surface area (Å²) in [5.41, 5.74) is 6.04. The number of pyridine rings is 1. The lowest BCUT2D eigenvalue weighted by atomic mass is 10.5. The number of hydrogen-bond donors (Lipinski definition) is 1. The Balaban J connectivity index is 0.000000720. The summed E-state index contributed by atoms with van der Waals surface area (Å²) in [7, 11) is 0. The number of anilines is 1. The number of halogens is 2. The van der Waals surface area contributed by atoms with Crippen molar-refractivity contribution in [1.82, 2.24) is 9.38 Å². The van der Waals surface area contributed by atoms with Crippen molar-refractivity contribution in [2.45, 2.75) is 0 Å². The van der Waals surface area contributed by atoms with Crippen molar-refractivity contribution in [2.75, 3.05) is 5.73 Å². The molecule has 0 radical (unpaired) electrons. The minimum absolute atomic E-state index is 0. The number of fused-ring (bicyclic) bond motifs is 1. The first-order valence-electron chi connectivity index (χ1n) is 3.15. The number of nitrogens with zero attached hydrogens (tertiary/aromatic N) is 2. The van der Waals surface area contributed by atoms with Gasteiger partial charge in [0.15, 0.2) is 0 Å². The first kappa shape index (κ1) is 8.80. The maximum absolute atomic E-state index is 12.6. The van der Waals surface area contributed by atoms with Crippen LogP contribution in [0.5, 0.6) is 0 Å². The van der Waals surface area contributed by atoms with Crippen LogP contribution in [0, 0.1) is 5.82 Å². The van der Waals surface area contributed by atoms with E-state index in [9.17, 15) is 4.39 Å². The predicted molar refractivity (Wildman–Crippen MR) is 46.8 cm³/mol. The molecule has 0 aliphatic rings. The monoisotopic (exact) mass is 187 g/mol. The lowest BCUT2D eigenvalue weighted by molar-refractivity contribution is 0.619. The molecule has 3 nitrogen and oxygen atoms in total. The van der Waals surface area contributed by atoms with E-state index in [1.54, 1.807) is 16.7 Å². The second kappa shape index (κ2) is 2.98. The number of nitrogens with two attached hydrogens (primary N) is 1. The quantitative estimate of drug-likeness (QED) is 0.679. The number of nitrogen functional groups attached to an aromatic ring is 1. The zero-order chi connectivity index (χ0) is 7.84. The van der Waals surface area contributed by atoms with Crippen molar-refractivity contribution in [3.05, 3.63) is 30.3 Å². The van der Waals surface area contributed by atoms with E-state index in [-0.39, 0.29) is 18.2 Å². The summed E-state index contributed by atoms with van der Waals surface area (Å²) in [5.74, 6) is 0.102. The normalized spacial score (nSPS) is 9.75. The van der Waals surface area contributed by atoms with Gasteiger partial charge in [0.1, 0.15) is 17.3 Å². The lowest BCUT2D eigenvalue weighted by Gasteiger charge is -1.89. The van der Waals surface area contributed by atoms with Gasteiger partial charge in [-0.2, -0.15) is 0 Å². The van der Waals surface area contributed by atoms with E-state index in [1.807, 2.05) is 0 Å². The number of aromatic nitrogens is 2. The van der Waals surface area contributed by atoms with Crippen molar-refractivity contribution >= 4 is 23.9 Å². The highest BCUT2D eigenvalue weighted by atomic mass is 35.5. The van der Waals surface area contributed by atoms with Crippen LogP contribution in [0.25, 0.3) is 5.65 Å². The van der Waals surface area contributed by atoms with Gasteiger partial charge in [-0.3, -0.25) is 0 Å². The molecule has 64 valence electrons. The molecule has 2 heterocycles. The lowest BCUT2D eigenvalue weighted by Crippen LogP contribution is -1.83. The number of rotatable bonds is 0. The minimum Gasteiger partial charge on any atom is -0.382 e. The van der Waals surface area contributed by atoms with Crippen LogP contribution in [0.3, 0.4) is 0 Å². The van der Waals surface area contributed by atoms with Crippen LogP contribution in [0.4, 0.5) is 10.2 Å². The Bertz CT molecular complexity index is 398. The van der Waals surface area contributed by atoms with Gasteiger partial charge >= 0.3 is 0 Å². The van der Waals surface area contributed by atoms with Crippen LogP contribution >= 0.6 is 12.4 Å². The van der Waals surface area contributed by atoms with Crippen LogP contribution < -0.4 is 5.73 Å². The first-order chi connectivity index (χ1) is 5.25. The molecule has 0 saturated carbocycles. The Morgan fingerprint density at radius 1 is 1.33 bits per heavy atom. The van der Waals surface area contributed by atoms with Crippen LogP contribution in [-0.4, -0.2) is 9.38 Å². The molecule has 0 atom stereocenters. The van der Waals surface area contributed by atoms with Crippen LogP contribution in [-0.2, 0) is 0 Å². The molecule has 12 heavy (non-hydrogen) atoms. The standard InChI is InChI=1S/C7H6FN3.ClH/c8-5-1-2-7-10-6(9)4-11(7)3-5;/h1-4H,9H2;1H. The second-order valence-corrected chi connectivity index (χ2v) is 2.28. The van der Waals surface area contributed by atoms with Crippen LogP contribution in [0.15, 0.2) is 24.5 Å². The van der Waals surface area contributed by atoms with Gasteiger partial charge in [-0.15, -0.1) is 12.4 Å². The van der Waals surface area contributed by atoms with E-state index in [0.29, 0.717) is 11.5 Å². The highest BCUT2D eigenvalue weighted by Gasteiger charge is 1.97. The maximum atomic E-state index is 12.6. The third kappa shape index (κ3) is 1.33. The van der Waals surface area contributed by atoms with E-state index >= 15 is 0 Å². The summed E-state index contributed by atoms with van der Waals surface area (Å²) < 4.78 is 14.1. The molecule has 0 aliphatic carbocycles. The molecule has 0 aromatic carbocycles. The average molecular weight is 188 g/mol. The van der Waals surface area contributed by atoms with Gasteiger partial charge in [0.2, 0.25) is 0 Å². The Morgan fingerprint density at radius 2 is 2.08 bits per heavy atom. The summed E-state index contributed by atoms with van der Waals surface area (Å²) in [5, 5.41) is 0. The highest BCUT2D eigenvalue weighted by Crippen LogP contribution is 2.06. The maximum Gasteiger partial charge on any atom is 0.142 e. The fourth-order valence-corrected chi connectivity index (χ4v) is 0.984. The van der Waals surface area contributed by atoms with Crippen molar-refractivity contribution in [2.24, 2.45) is 0 Å². The third-order valence-corrected chi connectivity index (χ3v) is 1.43. The van der Waals surface area contributed by atoms with Crippen molar-refractivity contribution in [1.29, 1.82) is 0 Å². The zero-order valence-corrected chi connectivity index (χ0v) is 6.88. The van der Waals surface area contributed by atoms with E-state index < -0.39 is 0 Å². The molecule has 0 saturated heterocycles. The SMILES string of the molecule is Cl.Nc1cn2cc(F)ccc2n1. The third-order valence-electron chi connectivity index (χ3n) is 1.43. The molecule has 0 bridgehead atoms. The zero-order valence-electron chi connectivity index (χ0n) is 6.07. The Morgan fingerprint density at radius 3 is 2.83 bits per heavy atom. The van der Waals surface area contributed by atoms with E-state index in [4.69, 9.17) is 5.73 Å². The van der Waals surface area contributed by atoms with Gasteiger partial charge in [0, 0.05) is 6.20 Å². The van der Waals surface area contributed by atoms with Crippen molar-refractivity contribution in [3.63, 3.8) is 0 Å². The summed E-state index contributed by atoms with van der Waals surface area (Å²) in [4.78, 5) is 3.93. The molecule has 0 spiro atoms. The van der Waals surface area contributed by atoms with Crippen LogP contribution in [0.1, 0.15) is 0 Å². The summed E-state index contributed by atoms with van der Waals surface area (Å²) in [6.07, 6.45) is 2.90. The fourth-order valence-electron chi connectivity index (χ4n) is 0.984. The fraction of sp³-hybridized carbons (Fsp3) is 0. The highest BCUT2D eigenvalue weighted by molar-refractivity contribution is 5.85. The molecular weight excluding hydrogens is 181 g/mol. The van der Waals surface area contributed by atoms with E-state index in [2.05, 4.69) is 4.98 Å². The smallest absolute Gasteiger partial charge is 0.142 e. The van der Waals surface area contributed by atoms with E-state index in [0.717, 1.165) is 0 Å². The molecule has 0 fully saturated rings. The van der Waals surface area contributed by atoms with Gasteiger partial charge < -0.3 is 10.1 Å². The molecule has 0 aliphatic heterocycles. The molecule has 2 aromatic rings. The molecule has 5 heteroatoms. The second-order valence-electron chi connectivity index (χ2n) is 2.28.